The number of carbonyl (C=O) groups is 2. The number of allylic oxidation sites excluding steroid dienone is 1. The van der Waals surface area contributed by atoms with Gasteiger partial charge in [-0.2, -0.15) is 0 Å². The molecule has 1 unspecified atom stereocenters. The van der Waals surface area contributed by atoms with Crippen LogP contribution in [0, 0.1) is 0 Å². The Hall–Kier alpha value is -3.29. The molecule has 4 N–H and O–H groups in total. The van der Waals surface area contributed by atoms with Crippen LogP contribution in [0.4, 0.5) is 0 Å². The Balaban J connectivity index is 1.19. The first kappa shape index (κ1) is 23.5. The Labute approximate surface area is 209 Å². The first-order valence-electron chi connectivity index (χ1n) is 12.2. The second-order valence-corrected chi connectivity index (χ2v) is 10.1. The number of amides is 2. The average Bonchev–Trinajstić information content (AvgIpc) is 3.47. The number of aromatic nitrogens is 1. The molecule has 0 bridgehead atoms. The van der Waals surface area contributed by atoms with Gasteiger partial charge in [-0.05, 0) is 55.0 Å². The van der Waals surface area contributed by atoms with E-state index in [2.05, 4.69) is 39.1 Å². The molecule has 180 valence electrons. The molecule has 2 amide bonds. The number of carbonyl (C=O) groups excluding carboxylic acids is 2. The molecule has 1 atom stereocenters. The van der Waals surface area contributed by atoms with Gasteiger partial charge in [0.15, 0.2) is 0 Å². The molecule has 3 aromatic rings. The van der Waals surface area contributed by atoms with Gasteiger partial charge in [-0.1, -0.05) is 66.4 Å². The van der Waals surface area contributed by atoms with Crippen LogP contribution in [0.3, 0.4) is 0 Å². The zero-order valence-electron chi connectivity index (χ0n) is 19.6. The molecule has 2 heterocycles. The molecule has 1 aliphatic carbocycles. The van der Waals surface area contributed by atoms with E-state index < -0.39 is 0 Å². The lowest BCUT2D eigenvalue weighted by Gasteiger charge is -2.17. The van der Waals surface area contributed by atoms with Gasteiger partial charge in [-0.3, -0.25) is 9.59 Å². The molecule has 5 rings (SSSR count). The largest absolute Gasteiger partial charge is 0.361 e. The molecule has 7 heteroatoms. The van der Waals surface area contributed by atoms with Gasteiger partial charge in [0.05, 0.1) is 17.1 Å². The van der Waals surface area contributed by atoms with Gasteiger partial charge in [0.25, 0.3) is 5.91 Å². The number of para-hydroxylation sites is 1. The fraction of sp³-hybridized carbons (Fsp3) is 0.286. The van der Waals surface area contributed by atoms with E-state index in [0.29, 0.717) is 23.7 Å². The van der Waals surface area contributed by atoms with Crippen LogP contribution in [-0.4, -0.2) is 35.1 Å². The molecule has 6 nitrogen and oxygen atoms in total. The predicted molar refractivity (Wildman–Crippen MR) is 142 cm³/mol. The lowest BCUT2D eigenvalue weighted by Crippen LogP contribution is -2.35. The van der Waals surface area contributed by atoms with Crippen molar-refractivity contribution < 1.29 is 9.59 Å². The number of aromatic amines is 1. The summed E-state index contributed by atoms with van der Waals surface area (Å²) in [6.07, 6.45) is 8.12. The van der Waals surface area contributed by atoms with Crippen LogP contribution in [0.1, 0.15) is 30.4 Å². The zero-order chi connectivity index (χ0) is 24.0. The summed E-state index contributed by atoms with van der Waals surface area (Å²) in [5.74, 6) is -0.251. The van der Waals surface area contributed by atoms with Gasteiger partial charge in [-0.15, -0.1) is 0 Å². The van der Waals surface area contributed by atoms with Gasteiger partial charge in [0.1, 0.15) is 0 Å². The van der Waals surface area contributed by atoms with Crippen molar-refractivity contribution in [3.63, 3.8) is 0 Å². The van der Waals surface area contributed by atoms with Crippen LogP contribution in [0.15, 0.2) is 83.0 Å². The Kier molecular flexibility index (Phi) is 7.35. The maximum atomic E-state index is 13.2. The third-order valence-corrected chi connectivity index (χ3v) is 7.78. The summed E-state index contributed by atoms with van der Waals surface area (Å²) in [5.41, 5.74) is 5.10. The van der Waals surface area contributed by atoms with Gasteiger partial charge < -0.3 is 20.9 Å². The van der Waals surface area contributed by atoms with Gasteiger partial charge in [-0.25, -0.2) is 0 Å². The van der Waals surface area contributed by atoms with Crippen LogP contribution >= 0.6 is 11.8 Å². The number of benzene rings is 2. The molecule has 1 aliphatic heterocycles. The van der Waals surface area contributed by atoms with E-state index >= 15 is 0 Å². The normalized spacial score (nSPS) is 17.3. The van der Waals surface area contributed by atoms with E-state index in [1.165, 1.54) is 10.9 Å². The van der Waals surface area contributed by atoms with Gasteiger partial charge in [0, 0.05) is 28.9 Å². The summed E-state index contributed by atoms with van der Waals surface area (Å²) in [4.78, 5) is 29.2. The minimum atomic E-state index is -0.126. The second-order valence-electron chi connectivity index (χ2n) is 8.90. The van der Waals surface area contributed by atoms with E-state index in [9.17, 15) is 9.59 Å². The SMILES string of the molecule is O=C(CNCCc1c[nH]c2ccccc12)NC1=C(C(=O)NCc2ccccc2)C2=CCCCC2S1. The Bertz CT molecular complexity index is 1280. The summed E-state index contributed by atoms with van der Waals surface area (Å²) >= 11 is 1.61. The number of thioether (sulfide) groups is 1. The molecule has 0 spiro atoms. The van der Waals surface area contributed by atoms with E-state index in [0.717, 1.165) is 42.3 Å². The molecule has 0 saturated carbocycles. The number of H-pyrrole nitrogens is 1. The topological polar surface area (TPSA) is 86.0 Å². The van der Waals surface area contributed by atoms with E-state index in [4.69, 9.17) is 0 Å². The minimum Gasteiger partial charge on any atom is -0.361 e. The number of hydrogen-bond donors (Lipinski definition) is 4. The lowest BCUT2D eigenvalue weighted by molar-refractivity contribution is -0.119. The Morgan fingerprint density at radius 2 is 1.89 bits per heavy atom. The van der Waals surface area contributed by atoms with E-state index in [1.807, 2.05) is 48.7 Å². The van der Waals surface area contributed by atoms with Crippen LogP contribution in [-0.2, 0) is 22.6 Å². The quantitative estimate of drug-likeness (QED) is 0.342. The number of rotatable bonds is 9. The summed E-state index contributed by atoms with van der Waals surface area (Å²) in [6.45, 7) is 1.36. The highest BCUT2D eigenvalue weighted by Gasteiger charge is 2.35. The molecule has 0 fully saturated rings. The second kappa shape index (κ2) is 11.0. The molecule has 0 radical (unpaired) electrons. The Morgan fingerprint density at radius 3 is 2.77 bits per heavy atom. The highest BCUT2D eigenvalue weighted by molar-refractivity contribution is 8.04. The van der Waals surface area contributed by atoms with Crippen molar-refractivity contribution >= 4 is 34.5 Å². The third kappa shape index (κ3) is 5.52. The van der Waals surface area contributed by atoms with Crippen molar-refractivity contribution in [2.45, 2.75) is 37.5 Å². The number of nitrogens with one attached hydrogen (secondary N) is 4. The zero-order valence-corrected chi connectivity index (χ0v) is 20.4. The fourth-order valence-electron chi connectivity index (χ4n) is 4.69. The summed E-state index contributed by atoms with van der Waals surface area (Å²) in [7, 11) is 0. The smallest absolute Gasteiger partial charge is 0.254 e. The molecule has 35 heavy (non-hydrogen) atoms. The summed E-state index contributed by atoms with van der Waals surface area (Å²) in [5, 5.41) is 11.4. The first-order valence-corrected chi connectivity index (χ1v) is 13.1. The Morgan fingerprint density at radius 1 is 1.06 bits per heavy atom. The van der Waals surface area contributed by atoms with Crippen molar-refractivity contribution in [2.24, 2.45) is 0 Å². The van der Waals surface area contributed by atoms with E-state index in [-0.39, 0.29) is 23.6 Å². The lowest BCUT2D eigenvalue weighted by atomic mass is 9.93. The van der Waals surface area contributed by atoms with Crippen molar-refractivity contribution in [3.05, 3.63) is 94.2 Å². The molecule has 2 aliphatic rings. The molecular formula is C28H30N4O2S. The highest BCUT2D eigenvalue weighted by Crippen LogP contribution is 2.45. The molecule has 1 aromatic heterocycles. The van der Waals surface area contributed by atoms with Crippen LogP contribution in [0.5, 0.6) is 0 Å². The van der Waals surface area contributed by atoms with Crippen LogP contribution < -0.4 is 16.0 Å². The fourth-order valence-corrected chi connectivity index (χ4v) is 6.10. The van der Waals surface area contributed by atoms with Crippen molar-refractivity contribution in [2.75, 3.05) is 13.1 Å². The highest BCUT2D eigenvalue weighted by atomic mass is 32.2. The van der Waals surface area contributed by atoms with Crippen LogP contribution in [0.2, 0.25) is 0 Å². The van der Waals surface area contributed by atoms with Gasteiger partial charge >= 0.3 is 0 Å². The van der Waals surface area contributed by atoms with Crippen molar-refractivity contribution in [1.82, 2.24) is 20.9 Å². The predicted octanol–water partition coefficient (Wildman–Crippen LogP) is 4.17. The minimum absolute atomic E-state index is 0.125. The number of fused-ring (bicyclic) bond motifs is 2. The van der Waals surface area contributed by atoms with Crippen molar-refractivity contribution in [3.8, 4) is 0 Å². The standard InChI is InChI=1S/C28H30N4O2S/c33-25(18-29-15-14-20-17-30-23-12-6-4-10-21(20)23)32-28-26(22-11-5-7-13-24(22)35-28)27(34)31-16-19-8-2-1-3-9-19/h1-4,6,8-12,17,24,29-30H,5,7,13-16,18H2,(H,31,34)(H,32,33). The van der Waals surface area contributed by atoms with Crippen molar-refractivity contribution in [1.29, 1.82) is 0 Å². The average molecular weight is 487 g/mol. The van der Waals surface area contributed by atoms with Crippen LogP contribution in [0.25, 0.3) is 10.9 Å². The number of hydrogen-bond acceptors (Lipinski definition) is 4. The maximum absolute atomic E-state index is 13.2. The maximum Gasteiger partial charge on any atom is 0.254 e. The molecule has 0 saturated heterocycles. The van der Waals surface area contributed by atoms with Gasteiger partial charge in [0.2, 0.25) is 5.91 Å². The van der Waals surface area contributed by atoms with E-state index in [1.54, 1.807) is 11.8 Å². The summed E-state index contributed by atoms with van der Waals surface area (Å²) in [6, 6.07) is 18.1. The summed E-state index contributed by atoms with van der Waals surface area (Å²) < 4.78 is 0. The molecule has 2 aromatic carbocycles. The molecular weight excluding hydrogens is 456 g/mol. The third-order valence-electron chi connectivity index (χ3n) is 6.46. The first-order chi connectivity index (χ1) is 17.2. The monoisotopic (exact) mass is 486 g/mol.